The Morgan fingerprint density at radius 1 is 1.33 bits per heavy atom. The number of nitrogens with zero attached hydrogens (tertiary/aromatic N) is 3. The molecule has 0 amide bonds. The molecule has 6 nitrogen and oxygen atoms in total. The van der Waals surface area contributed by atoms with Gasteiger partial charge in [-0.2, -0.15) is 10.2 Å². The van der Waals surface area contributed by atoms with Crippen molar-refractivity contribution in [2.24, 2.45) is 12.2 Å². The Bertz CT molecular complexity index is 1120. The van der Waals surface area contributed by atoms with Gasteiger partial charge in [-0.1, -0.05) is 29.8 Å². The van der Waals surface area contributed by atoms with Crippen LogP contribution in [0.4, 0.5) is 10.1 Å². The topological polar surface area (TPSA) is 78.1 Å². The molecule has 3 aromatic rings. The van der Waals surface area contributed by atoms with Crippen LogP contribution in [-0.2, 0) is 7.05 Å². The molecule has 0 saturated heterocycles. The van der Waals surface area contributed by atoms with Gasteiger partial charge in [0.1, 0.15) is 5.82 Å². The second-order valence-corrected chi connectivity index (χ2v) is 7.69. The first-order valence-electron chi connectivity index (χ1n) is 9.64. The Morgan fingerprint density at radius 3 is 2.87 bits per heavy atom. The zero-order chi connectivity index (χ0) is 21.3. The number of allylic oxidation sites excluding steroid dienone is 1. The zero-order valence-electron chi connectivity index (χ0n) is 16.7. The van der Waals surface area contributed by atoms with Crippen molar-refractivity contribution < 1.29 is 4.39 Å². The van der Waals surface area contributed by atoms with Crippen LogP contribution in [0.5, 0.6) is 0 Å². The van der Waals surface area contributed by atoms with E-state index < -0.39 is 5.82 Å². The molecule has 0 aliphatic carbocycles. The van der Waals surface area contributed by atoms with Crippen molar-refractivity contribution in [3.63, 3.8) is 0 Å². The summed E-state index contributed by atoms with van der Waals surface area (Å²) >= 11 is 6.27. The number of nitrogens with one attached hydrogen (secondary N) is 3. The number of rotatable bonds is 4. The standard InChI is InChI=1S/C22H22ClFN6/c1-13(29-25)21-16-7-6-14(15-11-27-30(2)12-15)10-17(16)20(8-9-26-21)28-22-18(23)4-3-5-19(22)24/h3-7,10-12,20,25-26,28H,8-9H2,1-2H3/b21-13-,29-25?. The van der Waals surface area contributed by atoms with Gasteiger partial charge in [0.15, 0.2) is 0 Å². The number of fused-ring (bicyclic) bond motifs is 1. The van der Waals surface area contributed by atoms with E-state index in [1.165, 1.54) is 6.07 Å². The first kappa shape index (κ1) is 20.1. The fraction of sp³-hybridized carbons (Fsp3) is 0.227. The second kappa shape index (κ2) is 8.28. The molecule has 30 heavy (non-hydrogen) atoms. The second-order valence-electron chi connectivity index (χ2n) is 7.29. The normalized spacial score (nSPS) is 17.5. The molecule has 1 aliphatic rings. The third-order valence-corrected chi connectivity index (χ3v) is 5.60. The van der Waals surface area contributed by atoms with Gasteiger partial charge in [0.2, 0.25) is 0 Å². The summed E-state index contributed by atoms with van der Waals surface area (Å²) < 4.78 is 16.2. The lowest BCUT2D eigenvalue weighted by atomic mass is 9.93. The van der Waals surface area contributed by atoms with Crippen LogP contribution in [0, 0.1) is 11.3 Å². The number of aryl methyl sites for hydroxylation is 1. The van der Waals surface area contributed by atoms with E-state index in [9.17, 15) is 4.39 Å². The highest BCUT2D eigenvalue weighted by atomic mass is 35.5. The molecule has 154 valence electrons. The molecule has 3 N–H and O–H groups in total. The van der Waals surface area contributed by atoms with Crippen molar-refractivity contribution >= 4 is 23.0 Å². The maximum absolute atomic E-state index is 14.5. The highest BCUT2D eigenvalue weighted by Crippen LogP contribution is 2.37. The fourth-order valence-electron chi connectivity index (χ4n) is 3.76. The van der Waals surface area contributed by atoms with Crippen molar-refractivity contribution in [3.05, 3.63) is 76.5 Å². The van der Waals surface area contributed by atoms with Crippen LogP contribution in [0.3, 0.4) is 0 Å². The van der Waals surface area contributed by atoms with Gasteiger partial charge in [0.25, 0.3) is 0 Å². The molecule has 0 spiro atoms. The molecule has 0 fully saturated rings. The maximum atomic E-state index is 14.5. The van der Waals surface area contributed by atoms with E-state index in [1.54, 1.807) is 23.7 Å². The summed E-state index contributed by atoms with van der Waals surface area (Å²) in [5.74, 6) is -0.391. The maximum Gasteiger partial charge on any atom is 0.147 e. The van der Waals surface area contributed by atoms with E-state index in [0.717, 1.165) is 28.0 Å². The summed E-state index contributed by atoms with van der Waals surface area (Å²) in [6.07, 6.45) is 4.46. The first-order chi connectivity index (χ1) is 14.5. The molecule has 0 radical (unpaired) electrons. The van der Waals surface area contributed by atoms with Gasteiger partial charge in [-0.3, -0.25) is 4.68 Å². The Morgan fingerprint density at radius 2 is 2.17 bits per heavy atom. The van der Waals surface area contributed by atoms with E-state index in [1.807, 2.05) is 31.6 Å². The molecule has 1 aliphatic heterocycles. The molecule has 1 unspecified atom stereocenters. The number of benzene rings is 2. The summed E-state index contributed by atoms with van der Waals surface area (Å²) in [7, 11) is 1.88. The number of hydrogen-bond donors (Lipinski definition) is 3. The summed E-state index contributed by atoms with van der Waals surface area (Å²) in [6.45, 7) is 2.44. The largest absolute Gasteiger partial charge is 0.383 e. The average Bonchev–Trinajstić information content (AvgIpc) is 3.09. The van der Waals surface area contributed by atoms with Gasteiger partial charge in [0.05, 0.1) is 34.3 Å². The Hall–Kier alpha value is -3.19. The number of para-hydroxylation sites is 1. The minimum Gasteiger partial charge on any atom is -0.383 e. The van der Waals surface area contributed by atoms with Crippen LogP contribution < -0.4 is 10.6 Å². The molecule has 8 heteroatoms. The van der Waals surface area contributed by atoms with E-state index >= 15 is 0 Å². The number of aromatic nitrogens is 2. The van der Waals surface area contributed by atoms with E-state index in [-0.39, 0.29) is 11.7 Å². The van der Waals surface area contributed by atoms with Gasteiger partial charge in [-0.15, -0.1) is 0 Å². The summed E-state index contributed by atoms with van der Waals surface area (Å²) in [6, 6.07) is 10.6. The smallest absolute Gasteiger partial charge is 0.147 e. The Balaban J connectivity index is 1.85. The van der Waals surface area contributed by atoms with Crippen LogP contribution in [0.2, 0.25) is 5.02 Å². The van der Waals surface area contributed by atoms with Gasteiger partial charge in [-0.05, 0) is 42.7 Å². The van der Waals surface area contributed by atoms with Crippen LogP contribution in [0.15, 0.2) is 59.6 Å². The molecular weight excluding hydrogens is 403 g/mol. The van der Waals surface area contributed by atoms with E-state index in [4.69, 9.17) is 17.1 Å². The van der Waals surface area contributed by atoms with Gasteiger partial charge < -0.3 is 10.6 Å². The van der Waals surface area contributed by atoms with Gasteiger partial charge >= 0.3 is 0 Å². The highest BCUT2D eigenvalue weighted by molar-refractivity contribution is 6.33. The van der Waals surface area contributed by atoms with E-state index in [2.05, 4.69) is 26.9 Å². The average molecular weight is 425 g/mol. The molecule has 1 atom stereocenters. The van der Waals surface area contributed by atoms with Crippen LogP contribution in [0.25, 0.3) is 16.8 Å². The molecular formula is C22H22ClFN6. The highest BCUT2D eigenvalue weighted by Gasteiger charge is 2.25. The minimum absolute atomic E-state index is 0.186. The third kappa shape index (κ3) is 3.80. The molecule has 1 aromatic heterocycles. The molecule has 0 saturated carbocycles. The minimum atomic E-state index is -0.391. The van der Waals surface area contributed by atoms with Crippen molar-refractivity contribution in [2.75, 3.05) is 11.9 Å². The monoisotopic (exact) mass is 424 g/mol. The third-order valence-electron chi connectivity index (χ3n) is 5.28. The molecule has 2 aromatic carbocycles. The lowest BCUT2D eigenvalue weighted by molar-refractivity contribution is 0.619. The lowest BCUT2D eigenvalue weighted by Gasteiger charge is -2.22. The summed E-state index contributed by atoms with van der Waals surface area (Å²) in [4.78, 5) is 0. The van der Waals surface area contributed by atoms with Crippen LogP contribution >= 0.6 is 11.6 Å². The molecule has 4 rings (SSSR count). The predicted molar refractivity (Wildman–Crippen MR) is 117 cm³/mol. The van der Waals surface area contributed by atoms with Gasteiger partial charge in [-0.25, -0.2) is 9.92 Å². The first-order valence-corrected chi connectivity index (χ1v) is 10.0. The van der Waals surface area contributed by atoms with Crippen molar-refractivity contribution in [2.45, 2.75) is 19.4 Å². The molecule has 0 bridgehead atoms. The zero-order valence-corrected chi connectivity index (χ0v) is 17.5. The van der Waals surface area contributed by atoms with E-state index in [0.29, 0.717) is 23.7 Å². The van der Waals surface area contributed by atoms with Gasteiger partial charge in [0, 0.05) is 30.9 Å². The predicted octanol–water partition coefficient (Wildman–Crippen LogP) is 5.75. The summed E-state index contributed by atoms with van der Waals surface area (Å²) in [5, 5.41) is 14.9. The number of hydrogen-bond acceptors (Lipinski definition) is 5. The SMILES string of the molecule is C/C(N=N)=C1/NCCC(Nc2c(F)cccc2Cl)c2cc(-c3cnn(C)c3)ccc21. The fourth-order valence-corrected chi connectivity index (χ4v) is 3.98. The lowest BCUT2D eigenvalue weighted by Crippen LogP contribution is -2.16. The van der Waals surface area contributed by atoms with Crippen LogP contribution in [0.1, 0.15) is 30.5 Å². The number of anilines is 1. The van der Waals surface area contributed by atoms with Crippen molar-refractivity contribution in [1.82, 2.24) is 15.1 Å². The molecule has 2 heterocycles. The van der Waals surface area contributed by atoms with Crippen molar-refractivity contribution in [1.29, 1.82) is 5.53 Å². The Kier molecular flexibility index (Phi) is 5.55. The Labute approximate surface area is 179 Å². The van der Waals surface area contributed by atoms with Crippen molar-refractivity contribution in [3.8, 4) is 11.1 Å². The summed E-state index contributed by atoms with van der Waals surface area (Å²) in [5.41, 5.74) is 13.1. The van der Waals surface area contributed by atoms with Crippen LogP contribution in [-0.4, -0.2) is 16.3 Å². The number of halogens is 2. The quantitative estimate of drug-likeness (QED) is 0.467.